The molecule has 6 N–H and O–H groups in total. The van der Waals surface area contributed by atoms with Gasteiger partial charge < -0.3 is 0 Å². The van der Waals surface area contributed by atoms with Gasteiger partial charge in [-0.05, 0) is 0 Å². The fourth-order valence-corrected chi connectivity index (χ4v) is 6.10. The van der Waals surface area contributed by atoms with Crippen LogP contribution in [0.15, 0.2) is 54.6 Å². The summed E-state index contributed by atoms with van der Waals surface area (Å²) < 4.78 is 15.0. The Hall–Kier alpha value is -4.21. The zero-order valence-corrected chi connectivity index (χ0v) is 20.7. The third-order valence-electron chi connectivity index (χ3n) is 4.20. The van der Waals surface area contributed by atoms with Gasteiger partial charge >= 0.3 is 201 Å². The zero-order valence-electron chi connectivity index (χ0n) is 16.8. The van der Waals surface area contributed by atoms with Gasteiger partial charge in [-0.3, -0.25) is 0 Å². The first-order chi connectivity index (χ1) is 16.1. The molecular formula is C21H15O12Pb. The van der Waals surface area contributed by atoms with Crippen LogP contribution >= 0.6 is 0 Å². The standard InChI is InChI=1S/3C7H6O4.Pb/c3*8-4-2-1-3-5(9)6(4)7(10)11;/h3*1-3,8-9H,(H,10,11);/q;;;+3/p-3. The molecule has 0 aliphatic rings. The van der Waals surface area contributed by atoms with Gasteiger partial charge in [0.2, 0.25) is 0 Å². The number of phenols is 6. The predicted molar refractivity (Wildman–Crippen MR) is 111 cm³/mol. The topological polar surface area (TPSA) is 200 Å². The Kier molecular flexibility index (Phi) is 7.30. The Bertz CT molecular complexity index is 1060. The van der Waals surface area contributed by atoms with Crippen LogP contribution in [0, 0.1) is 0 Å². The molecule has 12 nitrogen and oxygen atoms in total. The van der Waals surface area contributed by atoms with E-state index in [1.807, 2.05) is 0 Å². The Morgan fingerprint density at radius 2 is 0.676 bits per heavy atom. The molecule has 0 saturated heterocycles. The number of hydrogen-bond donors (Lipinski definition) is 6. The van der Waals surface area contributed by atoms with E-state index in [1.54, 1.807) is 0 Å². The van der Waals surface area contributed by atoms with Crippen molar-refractivity contribution >= 4 is 42.0 Å². The summed E-state index contributed by atoms with van der Waals surface area (Å²) >= 11 is -5.17. The Labute approximate surface area is 200 Å². The molecule has 0 unspecified atom stereocenters. The summed E-state index contributed by atoms with van der Waals surface area (Å²) in [5.41, 5.74) is -2.14. The first-order valence-electron chi connectivity index (χ1n) is 9.16. The molecule has 0 heterocycles. The van der Waals surface area contributed by atoms with Crippen LogP contribution < -0.4 is 0 Å². The number of phenolic OH excluding ortho intramolecular Hbond substituents is 6. The molecule has 3 aromatic carbocycles. The van der Waals surface area contributed by atoms with Gasteiger partial charge in [-0.2, -0.15) is 0 Å². The number of aromatic hydroxyl groups is 6. The van der Waals surface area contributed by atoms with Gasteiger partial charge in [0.1, 0.15) is 0 Å². The van der Waals surface area contributed by atoms with Gasteiger partial charge in [0, 0.05) is 0 Å². The van der Waals surface area contributed by atoms with E-state index in [-0.39, 0.29) is 0 Å². The molecule has 0 fully saturated rings. The molecule has 1 radical (unpaired) electrons. The van der Waals surface area contributed by atoms with Crippen molar-refractivity contribution in [3.63, 3.8) is 0 Å². The number of carbonyl (C=O) groups is 3. The van der Waals surface area contributed by atoms with Crippen molar-refractivity contribution in [1.29, 1.82) is 0 Å². The van der Waals surface area contributed by atoms with Crippen molar-refractivity contribution in [3.05, 3.63) is 71.3 Å². The van der Waals surface area contributed by atoms with Gasteiger partial charge in [-0.25, -0.2) is 0 Å². The minimum absolute atomic E-state index is 0.690. The van der Waals surface area contributed by atoms with Crippen LogP contribution in [0.5, 0.6) is 34.5 Å². The van der Waals surface area contributed by atoms with Crippen molar-refractivity contribution < 1.29 is 53.1 Å². The maximum atomic E-state index is 12.5. The predicted octanol–water partition coefficient (Wildman–Crippen LogP) is 1.78. The van der Waals surface area contributed by atoms with Gasteiger partial charge in [-0.1, -0.05) is 0 Å². The molecule has 3 rings (SSSR count). The van der Waals surface area contributed by atoms with E-state index in [9.17, 15) is 45.0 Å². The normalized spacial score (nSPS) is 10.5. The van der Waals surface area contributed by atoms with Crippen LogP contribution in [0.3, 0.4) is 0 Å². The van der Waals surface area contributed by atoms with Crippen molar-refractivity contribution in [2.24, 2.45) is 0 Å². The summed E-state index contributed by atoms with van der Waals surface area (Å²) in [6, 6.07) is 10.0. The number of hydrogen-bond acceptors (Lipinski definition) is 12. The van der Waals surface area contributed by atoms with Crippen LogP contribution in [-0.2, 0) is 8.06 Å². The Morgan fingerprint density at radius 3 is 0.882 bits per heavy atom. The molecule has 0 aromatic heterocycles. The summed E-state index contributed by atoms with van der Waals surface area (Å²) in [5.74, 6) is -8.39. The van der Waals surface area contributed by atoms with Crippen LogP contribution in [0.1, 0.15) is 31.1 Å². The van der Waals surface area contributed by atoms with Crippen molar-refractivity contribution in [1.82, 2.24) is 0 Å². The summed E-state index contributed by atoms with van der Waals surface area (Å²) in [4.78, 5) is 37.6. The molecule has 0 atom stereocenters. The summed E-state index contributed by atoms with van der Waals surface area (Å²) in [6.07, 6.45) is 0. The van der Waals surface area contributed by atoms with E-state index in [4.69, 9.17) is 8.06 Å². The van der Waals surface area contributed by atoms with E-state index in [0.29, 0.717) is 0 Å². The minimum atomic E-state index is -5.17. The SMILES string of the molecule is O=C([O][Pb]([O]C(=O)c1c(O)cccc1O)[O]C(=O)c1c(O)cccc1O)c1c(O)cccc1O. The van der Waals surface area contributed by atoms with Crippen molar-refractivity contribution in [2.45, 2.75) is 0 Å². The van der Waals surface area contributed by atoms with Gasteiger partial charge in [0.15, 0.2) is 0 Å². The molecule has 0 aliphatic carbocycles. The maximum absolute atomic E-state index is 12.5. The average molecular weight is 667 g/mol. The molecule has 0 spiro atoms. The molecule has 34 heavy (non-hydrogen) atoms. The second kappa shape index (κ2) is 10.2. The second-order valence-corrected chi connectivity index (χ2v) is 10.8. The molecule has 0 amide bonds. The van der Waals surface area contributed by atoms with Crippen LogP contribution in [0.25, 0.3) is 0 Å². The van der Waals surface area contributed by atoms with Crippen molar-refractivity contribution in [3.8, 4) is 34.5 Å². The number of carbonyl (C=O) groups excluding carboxylic acids is 3. The fraction of sp³-hybridized carbons (Fsp3) is 0. The van der Waals surface area contributed by atoms with E-state index in [0.717, 1.165) is 36.4 Å². The van der Waals surface area contributed by atoms with Crippen LogP contribution in [0.4, 0.5) is 0 Å². The van der Waals surface area contributed by atoms with Gasteiger partial charge in [0.05, 0.1) is 0 Å². The average Bonchev–Trinajstić information content (AvgIpc) is 2.73. The van der Waals surface area contributed by atoms with Gasteiger partial charge in [-0.15, -0.1) is 0 Å². The molecular weight excluding hydrogens is 651 g/mol. The first-order valence-corrected chi connectivity index (χ1v) is 13.9. The third kappa shape index (κ3) is 5.22. The number of benzene rings is 3. The summed E-state index contributed by atoms with van der Waals surface area (Å²) in [7, 11) is 0. The molecule has 0 saturated carbocycles. The number of rotatable bonds is 6. The molecule has 175 valence electrons. The van der Waals surface area contributed by atoms with Gasteiger partial charge in [0.25, 0.3) is 0 Å². The second-order valence-electron chi connectivity index (χ2n) is 6.43. The molecule has 13 heteroatoms. The quantitative estimate of drug-likeness (QED) is 0.209. The van der Waals surface area contributed by atoms with E-state index in [2.05, 4.69) is 0 Å². The summed E-state index contributed by atoms with van der Waals surface area (Å²) in [6.45, 7) is 0. The van der Waals surface area contributed by atoms with Crippen LogP contribution in [-0.4, -0.2) is 72.6 Å². The molecule has 0 bridgehead atoms. The third-order valence-corrected chi connectivity index (χ3v) is 8.31. The van der Waals surface area contributed by atoms with E-state index >= 15 is 0 Å². The molecule has 3 aromatic rings. The Morgan fingerprint density at radius 1 is 0.471 bits per heavy atom. The molecule has 0 aliphatic heterocycles. The van der Waals surface area contributed by atoms with E-state index < -0.39 is 93.2 Å². The monoisotopic (exact) mass is 667 g/mol. The Balaban J connectivity index is 1.93. The van der Waals surface area contributed by atoms with Crippen LogP contribution in [0.2, 0.25) is 0 Å². The zero-order chi connectivity index (χ0) is 25.0. The van der Waals surface area contributed by atoms with E-state index in [1.165, 1.54) is 18.2 Å². The summed E-state index contributed by atoms with van der Waals surface area (Å²) in [5, 5.41) is 59.1. The van der Waals surface area contributed by atoms with Crippen molar-refractivity contribution in [2.75, 3.05) is 0 Å². The first kappa shape index (κ1) is 24.4. The fourth-order valence-electron chi connectivity index (χ4n) is 2.65.